The number of aromatic amines is 1. The summed E-state index contributed by atoms with van der Waals surface area (Å²) in [5, 5.41) is 16.1. The summed E-state index contributed by atoms with van der Waals surface area (Å²) < 4.78 is 11.0. The fourth-order valence-corrected chi connectivity index (χ4v) is 2.70. The van der Waals surface area contributed by atoms with Crippen molar-refractivity contribution in [2.75, 3.05) is 6.61 Å². The maximum Gasteiger partial charge on any atom is 0.342 e. The first-order chi connectivity index (χ1) is 15.4. The van der Waals surface area contributed by atoms with Crippen LogP contribution in [-0.4, -0.2) is 42.8 Å². The van der Waals surface area contributed by atoms with E-state index < -0.39 is 11.4 Å². The first kappa shape index (κ1) is 21.0. The van der Waals surface area contributed by atoms with Crippen LogP contribution in [0.3, 0.4) is 0 Å². The van der Waals surface area contributed by atoms with Crippen LogP contribution in [0.1, 0.15) is 13.8 Å². The Morgan fingerprint density at radius 1 is 0.969 bits per heavy atom. The van der Waals surface area contributed by atoms with Gasteiger partial charge in [0.25, 0.3) is 0 Å². The van der Waals surface area contributed by atoms with Crippen LogP contribution < -0.4 is 9.47 Å². The highest BCUT2D eigenvalue weighted by Gasteiger charge is 2.28. The van der Waals surface area contributed by atoms with Gasteiger partial charge in [-0.1, -0.05) is 30.3 Å². The maximum atomic E-state index is 11.2. The number of ether oxygens (including phenoxy) is 2. The van der Waals surface area contributed by atoms with Crippen molar-refractivity contribution in [2.24, 2.45) is 5.41 Å². The number of carboxylic acids is 1. The first-order valence-electron chi connectivity index (χ1n) is 9.85. The molecule has 3 heterocycles. The number of H-pyrrole nitrogens is 1. The van der Waals surface area contributed by atoms with E-state index in [1.54, 1.807) is 44.4 Å². The van der Waals surface area contributed by atoms with Crippen LogP contribution in [-0.2, 0) is 4.79 Å². The molecular formula is C23H21N5O4. The molecule has 0 aliphatic heterocycles. The molecule has 0 aliphatic rings. The van der Waals surface area contributed by atoms with Crippen LogP contribution >= 0.6 is 0 Å². The van der Waals surface area contributed by atoms with Crippen LogP contribution in [0, 0.1) is 5.41 Å². The van der Waals surface area contributed by atoms with Gasteiger partial charge >= 0.3 is 12.0 Å². The second kappa shape index (κ2) is 8.84. The van der Waals surface area contributed by atoms with Crippen molar-refractivity contribution >= 4 is 5.97 Å². The lowest BCUT2D eigenvalue weighted by Gasteiger charge is -2.18. The van der Waals surface area contributed by atoms with Crippen LogP contribution in [0.15, 0.2) is 67.0 Å². The van der Waals surface area contributed by atoms with E-state index in [2.05, 4.69) is 25.1 Å². The zero-order valence-electron chi connectivity index (χ0n) is 17.5. The van der Waals surface area contributed by atoms with E-state index in [1.165, 1.54) is 0 Å². The van der Waals surface area contributed by atoms with Gasteiger partial charge in [0.15, 0.2) is 5.82 Å². The number of hydrogen-bond acceptors (Lipinski definition) is 7. The standard InChI is InChI=1S/C23H21N5O4/c1-23(2,21(29)30)14-31-18-11-10-17(13-25-18)15-6-8-16(9-7-15)20-26-22(28-27-20)32-19-5-3-4-12-24-19/h3-13H,14H2,1-2H3,(H,29,30)(H,26,27,28). The van der Waals surface area contributed by atoms with Gasteiger partial charge in [-0.3, -0.25) is 9.89 Å². The van der Waals surface area contributed by atoms with Crippen molar-refractivity contribution in [2.45, 2.75) is 13.8 Å². The Bertz CT molecular complexity index is 1190. The number of hydrogen-bond donors (Lipinski definition) is 2. The van der Waals surface area contributed by atoms with Crippen LogP contribution in [0.5, 0.6) is 17.8 Å². The largest absolute Gasteiger partial charge is 0.481 e. The molecule has 0 atom stereocenters. The summed E-state index contributed by atoms with van der Waals surface area (Å²) in [5.41, 5.74) is 1.72. The van der Waals surface area contributed by atoms with E-state index in [0.717, 1.165) is 16.7 Å². The highest BCUT2D eigenvalue weighted by Crippen LogP contribution is 2.25. The molecule has 0 saturated heterocycles. The van der Waals surface area contributed by atoms with E-state index in [4.69, 9.17) is 14.6 Å². The summed E-state index contributed by atoms with van der Waals surface area (Å²) in [7, 11) is 0. The van der Waals surface area contributed by atoms with Gasteiger partial charge < -0.3 is 14.6 Å². The molecule has 0 radical (unpaired) electrons. The predicted molar refractivity (Wildman–Crippen MR) is 116 cm³/mol. The molecule has 0 aliphatic carbocycles. The molecule has 2 N–H and O–H groups in total. The second-order valence-electron chi connectivity index (χ2n) is 7.68. The Morgan fingerprint density at radius 2 is 1.72 bits per heavy atom. The smallest absolute Gasteiger partial charge is 0.342 e. The van der Waals surface area contributed by atoms with Crippen molar-refractivity contribution in [3.05, 3.63) is 67.0 Å². The summed E-state index contributed by atoms with van der Waals surface area (Å²) >= 11 is 0. The molecule has 1 aromatic carbocycles. The summed E-state index contributed by atoms with van der Waals surface area (Å²) in [4.78, 5) is 23.9. The Morgan fingerprint density at radius 3 is 2.38 bits per heavy atom. The summed E-state index contributed by atoms with van der Waals surface area (Å²) in [5.74, 6) is 0.448. The lowest BCUT2D eigenvalue weighted by atomic mass is 9.95. The highest BCUT2D eigenvalue weighted by atomic mass is 16.5. The average Bonchev–Trinajstić information content (AvgIpc) is 3.27. The SMILES string of the molecule is CC(C)(COc1ccc(-c2ccc(-c3nc(Oc4ccccn4)n[nH]3)cc2)cn1)C(=O)O. The zero-order chi connectivity index (χ0) is 22.6. The molecule has 3 aromatic heterocycles. The molecule has 4 rings (SSSR count). The quantitative estimate of drug-likeness (QED) is 0.425. The molecule has 32 heavy (non-hydrogen) atoms. The Labute approximate surface area is 184 Å². The van der Waals surface area contributed by atoms with Crippen molar-refractivity contribution < 1.29 is 19.4 Å². The number of pyridine rings is 2. The minimum Gasteiger partial charge on any atom is -0.481 e. The lowest BCUT2D eigenvalue weighted by Crippen LogP contribution is -2.30. The third-order valence-corrected chi connectivity index (χ3v) is 4.69. The topological polar surface area (TPSA) is 123 Å². The number of carbonyl (C=O) groups is 1. The van der Waals surface area contributed by atoms with E-state index in [-0.39, 0.29) is 12.6 Å². The van der Waals surface area contributed by atoms with Crippen LogP contribution in [0.25, 0.3) is 22.5 Å². The lowest BCUT2D eigenvalue weighted by molar-refractivity contribution is -0.148. The first-order valence-corrected chi connectivity index (χ1v) is 9.85. The van der Waals surface area contributed by atoms with Gasteiger partial charge in [0, 0.05) is 35.7 Å². The van der Waals surface area contributed by atoms with Gasteiger partial charge in [-0.2, -0.15) is 4.98 Å². The van der Waals surface area contributed by atoms with E-state index in [1.807, 2.05) is 36.4 Å². The Balaban J connectivity index is 1.41. The van der Waals surface area contributed by atoms with Gasteiger partial charge in [-0.25, -0.2) is 9.97 Å². The number of nitrogens with one attached hydrogen (secondary N) is 1. The average molecular weight is 431 g/mol. The third kappa shape index (κ3) is 4.89. The van der Waals surface area contributed by atoms with Gasteiger partial charge in [-0.15, -0.1) is 5.10 Å². The number of carboxylic acid groups (broad SMARTS) is 1. The summed E-state index contributed by atoms with van der Waals surface area (Å²) in [6, 6.07) is 16.9. The maximum absolute atomic E-state index is 11.2. The van der Waals surface area contributed by atoms with Crippen LogP contribution in [0.2, 0.25) is 0 Å². The van der Waals surface area contributed by atoms with Gasteiger partial charge in [0.05, 0.1) is 5.41 Å². The number of benzene rings is 1. The molecule has 0 unspecified atom stereocenters. The predicted octanol–water partition coefficient (Wildman–Crippen LogP) is 4.21. The number of rotatable bonds is 8. The highest BCUT2D eigenvalue weighted by molar-refractivity contribution is 5.73. The molecule has 0 bridgehead atoms. The summed E-state index contributed by atoms with van der Waals surface area (Å²) in [6.45, 7) is 3.24. The molecule has 9 heteroatoms. The van der Waals surface area contributed by atoms with E-state index in [0.29, 0.717) is 17.6 Å². The molecule has 4 aromatic rings. The number of aromatic nitrogens is 5. The molecule has 0 spiro atoms. The van der Waals surface area contributed by atoms with E-state index in [9.17, 15) is 4.79 Å². The van der Waals surface area contributed by atoms with Crippen molar-refractivity contribution in [1.82, 2.24) is 25.1 Å². The number of aliphatic carboxylic acids is 1. The van der Waals surface area contributed by atoms with Gasteiger partial charge in [0.1, 0.15) is 6.61 Å². The summed E-state index contributed by atoms with van der Waals surface area (Å²) in [6.07, 6.45) is 3.32. The third-order valence-electron chi connectivity index (χ3n) is 4.69. The van der Waals surface area contributed by atoms with Gasteiger partial charge in [-0.05, 0) is 31.5 Å². The molecule has 162 valence electrons. The zero-order valence-corrected chi connectivity index (χ0v) is 17.5. The van der Waals surface area contributed by atoms with E-state index >= 15 is 0 Å². The van der Waals surface area contributed by atoms with Crippen molar-refractivity contribution in [1.29, 1.82) is 0 Å². The Hall–Kier alpha value is -4.27. The molecule has 9 nitrogen and oxygen atoms in total. The molecule has 0 saturated carbocycles. The minimum atomic E-state index is -0.987. The fraction of sp³-hybridized carbons (Fsp3) is 0.174. The molecule has 0 fully saturated rings. The second-order valence-corrected chi connectivity index (χ2v) is 7.68. The monoisotopic (exact) mass is 431 g/mol. The number of nitrogens with zero attached hydrogens (tertiary/aromatic N) is 4. The fourth-order valence-electron chi connectivity index (χ4n) is 2.70. The Kier molecular flexibility index (Phi) is 5.80. The molecular weight excluding hydrogens is 410 g/mol. The minimum absolute atomic E-state index is 0.0343. The van der Waals surface area contributed by atoms with Crippen LogP contribution in [0.4, 0.5) is 0 Å². The van der Waals surface area contributed by atoms with Crippen molar-refractivity contribution in [3.8, 4) is 40.3 Å². The normalized spacial score (nSPS) is 11.2. The molecule has 0 amide bonds. The van der Waals surface area contributed by atoms with Gasteiger partial charge in [0.2, 0.25) is 11.8 Å². The van der Waals surface area contributed by atoms with Crippen molar-refractivity contribution in [3.63, 3.8) is 0 Å².